The monoisotopic (exact) mass is 291 g/mol. The SMILES string of the molecule is CC(C)CC(NC1CCN(c2ccccn2)CC1)C(=O)O. The summed E-state index contributed by atoms with van der Waals surface area (Å²) in [5.41, 5.74) is 0. The second-order valence-electron chi connectivity index (χ2n) is 6.14. The number of carboxylic acids is 1. The van der Waals surface area contributed by atoms with Crippen LogP contribution in [0.15, 0.2) is 24.4 Å². The Morgan fingerprint density at radius 2 is 2.14 bits per heavy atom. The number of piperidine rings is 1. The average molecular weight is 291 g/mol. The highest BCUT2D eigenvalue weighted by Crippen LogP contribution is 2.18. The molecule has 2 N–H and O–H groups in total. The Bertz CT molecular complexity index is 442. The Kier molecular flexibility index (Phi) is 5.56. The zero-order valence-electron chi connectivity index (χ0n) is 12.8. The topological polar surface area (TPSA) is 65.5 Å². The minimum absolute atomic E-state index is 0.282. The molecule has 1 fully saturated rings. The number of hydrogen-bond acceptors (Lipinski definition) is 4. The number of rotatable bonds is 6. The Morgan fingerprint density at radius 3 is 2.67 bits per heavy atom. The number of pyridine rings is 1. The number of hydrogen-bond donors (Lipinski definition) is 2. The van der Waals surface area contributed by atoms with E-state index >= 15 is 0 Å². The van der Waals surface area contributed by atoms with Crippen molar-refractivity contribution in [1.82, 2.24) is 10.3 Å². The van der Waals surface area contributed by atoms with Crippen LogP contribution in [-0.2, 0) is 4.79 Å². The van der Waals surface area contributed by atoms with Gasteiger partial charge < -0.3 is 15.3 Å². The van der Waals surface area contributed by atoms with Gasteiger partial charge in [0.25, 0.3) is 0 Å². The first-order valence-corrected chi connectivity index (χ1v) is 7.71. The molecule has 0 aliphatic carbocycles. The van der Waals surface area contributed by atoms with Gasteiger partial charge in [0.05, 0.1) is 0 Å². The number of anilines is 1. The fourth-order valence-electron chi connectivity index (χ4n) is 2.81. The van der Waals surface area contributed by atoms with E-state index in [-0.39, 0.29) is 6.04 Å². The van der Waals surface area contributed by atoms with Gasteiger partial charge in [-0.3, -0.25) is 4.79 Å². The number of carboxylic acid groups (broad SMARTS) is 1. The predicted molar refractivity (Wildman–Crippen MR) is 83.5 cm³/mol. The maximum atomic E-state index is 11.3. The summed E-state index contributed by atoms with van der Waals surface area (Å²) in [6.07, 6.45) is 4.40. The van der Waals surface area contributed by atoms with Crippen molar-refractivity contribution in [2.45, 2.75) is 45.2 Å². The first kappa shape index (κ1) is 15.8. The summed E-state index contributed by atoms with van der Waals surface area (Å²) < 4.78 is 0. The van der Waals surface area contributed by atoms with Crippen molar-refractivity contribution in [3.63, 3.8) is 0 Å². The summed E-state index contributed by atoms with van der Waals surface area (Å²) in [6, 6.07) is 5.78. The van der Waals surface area contributed by atoms with E-state index in [0.29, 0.717) is 12.3 Å². The normalized spacial score (nSPS) is 18.0. The zero-order chi connectivity index (χ0) is 15.2. The van der Waals surface area contributed by atoms with E-state index < -0.39 is 12.0 Å². The fraction of sp³-hybridized carbons (Fsp3) is 0.625. The lowest BCUT2D eigenvalue weighted by atomic mass is 9.99. The van der Waals surface area contributed by atoms with Crippen LogP contribution in [0, 0.1) is 5.92 Å². The van der Waals surface area contributed by atoms with E-state index in [9.17, 15) is 9.90 Å². The number of nitrogens with zero attached hydrogens (tertiary/aromatic N) is 2. The third-order valence-corrected chi connectivity index (χ3v) is 3.91. The van der Waals surface area contributed by atoms with Crippen molar-refractivity contribution in [2.24, 2.45) is 5.92 Å². The third-order valence-electron chi connectivity index (χ3n) is 3.91. The van der Waals surface area contributed by atoms with Crippen LogP contribution < -0.4 is 10.2 Å². The van der Waals surface area contributed by atoms with E-state index in [1.165, 1.54) is 0 Å². The molecule has 1 atom stereocenters. The fourth-order valence-corrected chi connectivity index (χ4v) is 2.81. The maximum Gasteiger partial charge on any atom is 0.320 e. The molecule has 1 aliphatic heterocycles. The average Bonchev–Trinajstić information content (AvgIpc) is 2.48. The summed E-state index contributed by atoms with van der Waals surface area (Å²) in [7, 11) is 0. The number of aliphatic carboxylic acids is 1. The second-order valence-corrected chi connectivity index (χ2v) is 6.14. The quantitative estimate of drug-likeness (QED) is 0.840. The van der Waals surface area contributed by atoms with Crippen LogP contribution in [0.3, 0.4) is 0 Å². The van der Waals surface area contributed by atoms with E-state index in [4.69, 9.17) is 0 Å². The smallest absolute Gasteiger partial charge is 0.320 e. The van der Waals surface area contributed by atoms with E-state index in [0.717, 1.165) is 31.7 Å². The van der Waals surface area contributed by atoms with Gasteiger partial charge in [-0.05, 0) is 37.3 Å². The molecule has 0 spiro atoms. The molecule has 21 heavy (non-hydrogen) atoms. The molecule has 1 aromatic rings. The Labute approximate surface area is 126 Å². The van der Waals surface area contributed by atoms with Crippen LogP contribution in [-0.4, -0.2) is 41.2 Å². The summed E-state index contributed by atoms with van der Waals surface area (Å²) in [4.78, 5) is 17.9. The summed E-state index contributed by atoms with van der Waals surface area (Å²) in [5, 5.41) is 12.6. The predicted octanol–water partition coefficient (Wildman–Crippen LogP) is 2.14. The van der Waals surface area contributed by atoms with Crippen LogP contribution in [0.25, 0.3) is 0 Å². The van der Waals surface area contributed by atoms with Crippen LogP contribution >= 0.6 is 0 Å². The van der Waals surface area contributed by atoms with Gasteiger partial charge in [-0.2, -0.15) is 0 Å². The molecule has 0 aromatic carbocycles. The van der Waals surface area contributed by atoms with Crippen molar-refractivity contribution in [3.05, 3.63) is 24.4 Å². The van der Waals surface area contributed by atoms with Crippen molar-refractivity contribution >= 4 is 11.8 Å². The molecule has 116 valence electrons. The largest absolute Gasteiger partial charge is 0.480 e. The highest BCUT2D eigenvalue weighted by Gasteiger charge is 2.26. The van der Waals surface area contributed by atoms with Gasteiger partial charge in [-0.1, -0.05) is 19.9 Å². The molecule has 0 saturated carbocycles. The molecule has 1 saturated heterocycles. The van der Waals surface area contributed by atoms with E-state index in [1.807, 2.05) is 24.4 Å². The lowest BCUT2D eigenvalue weighted by molar-refractivity contribution is -0.140. The third kappa shape index (κ3) is 4.70. The molecule has 5 heteroatoms. The summed E-state index contributed by atoms with van der Waals surface area (Å²) in [6.45, 7) is 5.95. The number of carbonyl (C=O) groups is 1. The molecular formula is C16H25N3O2. The van der Waals surface area contributed by atoms with Crippen molar-refractivity contribution in [3.8, 4) is 0 Å². The lowest BCUT2D eigenvalue weighted by Crippen LogP contribution is -2.49. The van der Waals surface area contributed by atoms with Crippen molar-refractivity contribution in [2.75, 3.05) is 18.0 Å². The van der Waals surface area contributed by atoms with Crippen LogP contribution in [0.2, 0.25) is 0 Å². The Balaban J connectivity index is 1.84. The van der Waals surface area contributed by atoms with Gasteiger partial charge in [-0.15, -0.1) is 0 Å². The highest BCUT2D eigenvalue weighted by molar-refractivity contribution is 5.73. The number of aromatic nitrogens is 1. The number of nitrogens with one attached hydrogen (secondary N) is 1. The minimum Gasteiger partial charge on any atom is -0.480 e. The highest BCUT2D eigenvalue weighted by atomic mass is 16.4. The van der Waals surface area contributed by atoms with Gasteiger partial charge in [0.2, 0.25) is 0 Å². The second kappa shape index (κ2) is 7.41. The van der Waals surface area contributed by atoms with E-state index in [2.05, 4.69) is 29.0 Å². The molecule has 1 unspecified atom stereocenters. The Morgan fingerprint density at radius 1 is 1.43 bits per heavy atom. The first-order valence-electron chi connectivity index (χ1n) is 7.71. The van der Waals surface area contributed by atoms with Gasteiger partial charge in [0.15, 0.2) is 0 Å². The first-order chi connectivity index (χ1) is 10.1. The van der Waals surface area contributed by atoms with Gasteiger partial charge in [-0.25, -0.2) is 4.98 Å². The van der Waals surface area contributed by atoms with Gasteiger partial charge in [0, 0.05) is 25.3 Å². The van der Waals surface area contributed by atoms with Crippen LogP contribution in [0.4, 0.5) is 5.82 Å². The Hall–Kier alpha value is -1.62. The minimum atomic E-state index is -0.740. The van der Waals surface area contributed by atoms with Crippen molar-refractivity contribution < 1.29 is 9.90 Å². The maximum absolute atomic E-state index is 11.3. The van der Waals surface area contributed by atoms with Gasteiger partial charge in [0.1, 0.15) is 11.9 Å². The van der Waals surface area contributed by atoms with Crippen LogP contribution in [0.1, 0.15) is 33.1 Å². The molecule has 0 radical (unpaired) electrons. The summed E-state index contributed by atoms with van der Waals surface area (Å²) >= 11 is 0. The molecule has 1 aliphatic rings. The molecule has 5 nitrogen and oxygen atoms in total. The van der Waals surface area contributed by atoms with Crippen molar-refractivity contribution in [1.29, 1.82) is 0 Å². The lowest BCUT2D eigenvalue weighted by Gasteiger charge is -2.34. The van der Waals surface area contributed by atoms with E-state index in [1.54, 1.807) is 0 Å². The molecule has 2 heterocycles. The zero-order valence-corrected chi connectivity index (χ0v) is 12.8. The summed E-state index contributed by atoms with van der Waals surface area (Å²) in [5.74, 6) is 0.649. The molecule has 2 rings (SSSR count). The molecule has 0 amide bonds. The standard InChI is InChI=1S/C16H25N3O2/c1-12(2)11-14(16(20)21)18-13-6-9-19(10-7-13)15-5-3-4-8-17-15/h3-5,8,12-14,18H,6-7,9-11H2,1-2H3,(H,20,21). The molecule has 0 bridgehead atoms. The van der Waals surface area contributed by atoms with Crippen LogP contribution in [0.5, 0.6) is 0 Å². The molecule has 1 aromatic heterocycles. The van der Waals surface area contributed by atoms with Gasteiger partial charge >= 0.3 is 5.97 Å². The molecular weight excluding hydrogens is 266 g/mol.